The van der Waals surface area contributed by atoms with Gasteiger partial charge in [-0.1, -0.05) is 35.8 Å². The Kier molecular flexibility index (Phi) is 7.46. The number of sulfonamides is 1. The van der Waals surface area contributed by atoms with Gasteiger partial charge in [0.1, 0.15) is 0 Å². The van der Waals surface area contributed by atoms with Gasteiger partial charge in [-0.2, -0.15) is 4.31 Å². The summed E-state index contributed by atoms with van der Waals surface area (Å²) in [4.78, 5) is 11.7. The van der Waals surface area contributed by atoms with E-state index in [-0.39, 0.29) is 23.8 Å². The van der Waals surface area contributed by atoms with Crippen LogP contribution in [0.4, 0.5) is 0 Å². The fraction of sp³-hybridized carbons (Fsp3) is 0.278. The highest BCUT2D eigenvalue weighted by atomic mass is 32.2. The predicted octanol–water partition coefficient (Wildman–Crippen LogP) is 2.71. The molecule has 1 aromatic carbocycles. The minimum atomic E-state index is -3.66. The van der Waals surface area contributed by atoms with E-state index in [2.05, 4.69) is 25.0 Å². The molecule has 0 saturated carbocycles. The summed E-state index contributed by atoms with van der Waals surface area (Å²) in [5.41, 5.74) is 0.979. The van der Waals surface area contributed by atoms with Gasteiger partial charge in [0.2, 0.25) is 15.8 Å². The number of Topliss-reactive ketones (excluding diaryl/α,β-unsaturated/α-hetero) is 1. The fourth-order valence-electron chi connectivity index (χ4n) is 1.77. The molecule has 0 unspecified atom stereocenters. The second kappa shape index (κ2) is 9.09. The van der Waals surface area contributed by atoms with Crippen molar-refractivity contribution in [3.05, 3.63) is 55.1 Å². The van der Waals surface area contributed by atoms with E-state index in [0.29, 0.717) is 12.8 Å². The number of hydrogen-bond donors (Lipinski definition) is 0. The maximum absolute atomic E-state index is 12.6. The van der Waals surface area contributed by atoms with Crippen molar-refractivity contribution in [3.63, 3.8) is 0 Å². The van der Waals surface area contributed by atoms with E-state index in [4.69, 9.17) is 0 Å². The molecule has 0 radical (unpaired) electrons. The maximum Gasteiger partial charge on any atom is 0.244 e. The van der Waals surface area contributed by atoms with Crippen molar-refractivity contribution in [1.82, 2.24) is 4.31 Å². The zero-order chi connectivity index (χ0) is 17.3. The first-order valence-corrected chi connectivity index (χ1v) is 8.66. The summed E-state index contributed by atoms with van der Waals surface area (Å²) in [6.45, 7) is 9.08. The molecule has 0 aliphatic rings. The molecule has 0 amide bonds. The van der Waals surface area contributed by atoms with Crippen molar-refractivity contribution in [2.45, 2.75) is 24.7 Å². The minimum absolute atomic E-state index is 0.0535. The number of hydrogen-bond acceptors (Lipinski definition) is 3. The van der Waals surface area contributed by atoms with Gasteiger partial charge in [-0.25, -0.2) is 8.42 Å². The number of carbonyl (C=O) groups is 1. The van der Waals surface area contributed by atoms with E-state index in [1.807, 2.05) is 6.92 Å². The van der Waals surface area contributed by atoms with Crippen LogP contribution in [0.1, 0.15) is 18.4 Å². The second-order valence-electron chi connectivity index (χ2n) is 4.95. The molecule has 0 N–H and O–H groups in total. The SMILES string of the molecule is C=CCCC(=O)C#CCN(CC=C)S(=O)(=O)c1ccc(C)cc1. The first-order valence-electron chi connectivity index (χ1n) is 7.22. The summed E-state index contributed by atoms with van der Waals surface area (Å²) < 4.78 is 26.4. The topological polar surface area (TPSA) is 54.5 Å². The van der Waals surface area contributed by atoms with E-state index in [1.54, 1.807) is 30.3 Å². The largest absolute Gasteiger partial charge is 0.285 e. The number of rotatable bonds is 8. The van der Waals surface area contributed by atoms with Crippen molar-refractivity contribution < 1.29 is 13.2 Å². The molecule has 0 bridgehead atoms. The average molecular weight is 331 g/mol. The average Bonchev–Trinajstić information content (AvgIpc) is 2.52. The van der Waals surface area contributed by atoms with Crippen molar-refractivity contribution in [2.24, 2.45) is 0 Å². The summed E-state index contributed by atoms with van der Waals surface area (Å²) in [7, 11) is -3.66. The highest BCUT2D eigenvalue weighted by Crippen LogP contribution is 2.16. The lowest BCUT2D eigenvalue weighted by molar-refractivity contribution is -0.113. The molecule has 4 nitrogen and oxygen atoms in total. The summed E-state index contributed by atoms with van der Waals surface area (Å²) in [6, 6.07) is 6.60. The first kappa shape index (κ1) is 18.9. The molecule has 0 aliphatic carbocycles. The Bertz CT molecular complexity index is 722. The lowest BCUT2D eigenvalue weighted by Crippen LogP contribution is -2.31. The van der Waals surface area contributed by atoms with Gasteiger partial charge in [-0.3, -0.25) is 4.79 Å². The molecule has 23 heavy (non-hydrogen) atoms. The van der Waals surface area contributed by atoms with Crippen LogP contribution in [0.2, 0.25) is 0 Å². The Balaban J connectivity index is 2.91. The van der Waals surface area contributed by atoms with Gasteiger partial charge in [0.25, 0.3) is 0 Å². The van der Waals surface area contributed by atoms with Gasteiger partial charge in [-0.05, 0) is 31.4 Å². The van der Waals surface area contributed by atoms with Crippen LogP contribution in [0.3, 0.4) is 0 Å². The normalized spacial score (nSPS) is 10.7. The summed E-state index contributed by atoms with van der Waals surface area (Å²) >= 11 is 0. The molecule has 0 spiro atoms. The Morgan fingerprint density at radius 3 is 2.43 bits per heavy atom. The lowest BCUT2D eigenvalue weighted by atomic mass is 10.2. The molecular formula is C18H21NO3S. The van der Waals surface area contributed by atoms with Gasteiger partial charge in [0.05, 0.1) is 11.4 Å². The summed E-state index contributed by atoms with van der Waals surface area (Å²) in [5, 5.41) is 0. The van der Waals surface area contributed by atoms with Crippen molar-refractivity contribution >= 4 is 15.8 Å². The number of nitrogens with zero attached hydrogens (tertiary/aromatic N) is 1. The van der Waals surface area contributed by atoms with Crippen molar-refractivity contribution in [3.8, 4) is 11.8 Å². The number of carbonyl (C=O) groups excluding carboxylic acids is 1. The predicted molar refractivity (Wildman–Crippen MR) is 92.3 cm³/mol. The van der Waals surface area contributed by atoms with E-state index in [0.717, 1.165) is 5.56 Å². The Morgan fingerprint density at radius 1 is 1.22 bits per heavy atom. The van der Waals surface area contributed by atoms with Crippen LogP contribution in [0.25, 0.3) is 0 Å². The summed E-state index contributed by atoms with van der Waals surface area (Å²) in [5.74, 6) is 4.87. The van der Waals surface area contributed by atoms with Crippen LogP contribution in [0.5, 0.6) is 0 Å². The Hall–Kier alpha value is -2.16. The Labute approximate surface area is 138 Å². The highest BCUT2D eigenvalue weighted by molar-refractivity contribution is 7.89. The van der Waals surface area contributed by atoms with Crippen molar-refractivity contribution in [2.75, 3.05) is 13.1 Å². The van der Waals surface area contributed by atoms with Crippen LogP contribution < -0.4 is 0 Å². The number of ketones is 1. The molecule has 0 heterocycles. The van der Waals surface area contributed by atoms with Gasteiger partial charge in [0, 0.05) is 13.0 Å². The number of aryl methyl sites for hydroxylation is 1. The van der Waals surface area contributed by atoms with E-state index < -0.39 is 10.0 Å². The molecule has 122 valence electrons. The zero-order valence-corrected chi connectivity index (χ0v) is 14.1. The van der Waals surface area contributed by atoms with Crippen LogP contribution in [-0.2, 0) is 14.8 Å². The monoisotopic (exact) mass is 331 g/mol. The highest BCUT2D eigenvalue weighted by Gasteiger charge is 2.22. The number of benzene rings is 1. The Morgan fingerprint density at radius 2 is 1.87 bits per heavy atom. The molecule has 1 rings (SSSR count). The third kappa shape index (κ3) is 5.85. The molecule has 5 heteroatoms. The van der Waals surface area contributed by atoms with Crippen LogP contribution in [-0.4, -0.2) is 31.6 Å². The third-order valence-corrected chi connectivity index (χ3v) is 4.88. The second-order valence-corrected chi connectivity index (χ2v) is 6.89. The standard InChI is InChI=1S/C18H21NO3S/c1-4-6-8-17(20)9-7-15-19(14-5-2)23(21,22)18-12-10-16(3)11-13-18/h4-5,10-13H,1-2,6,8,14-15H2,3H3. The van der Waals surface area contributed by atoms with Crippen LogP contribution in [0.15, 0.2) is 54.5 Å². The molecule has 0 aliphatic heterocycles. The third-order valence-electron chi connectivity index (χ3n) is 3.05. The van der Waals surface area contributed by atoms with E-state index in [9.17, 15) is 13.2 Å². The zero-order valence-electron chi connectivity index (χ0n) is 13.3. The first-order chi connectivity index (χ1) is 10.9. The molecule has 0 atom stereocenters. The van der Waals surface area contributed by atoms with E-state index >= 15 is 0 Å². The molecule has 1 aromatic rings. The fourth-order valence-corrected chi connectivity index (χ4v) is 3.09. The quantitative estimate of drug-likeness (QED) is 0.418. The number of allylic oxidation sites excluding steroid dienone is 1. The smallest absolute Gasteiger partial charge is 0.244 e. The summed E-state index contributed by atoms with van der Waals surface area (Å²) in [6.07, 6.45) is 3.99. The molecule has 0 fully saturated rings. The van der Waals surface area contributed by atoms with Gasteiger partial charge >= 0.3 is 0 Å². The van der Waals surface area contributed by atoms with Gasteiger partial charge in [0.15, 0.2) is 0 Å². The minimum Gasteiger partial charge on any atom is -0.285 e. The van der Waals surface area contributed by atoms with Crippen molar-refractivity contribution in [1.29, 1.82) is 0 Å². The maximum atomic E-state index is 12.6. The molecule has 0 saturated heterocycles. The van der Waals surface area contributed by atoms with Gasteiger partial charge < -0.3 is 0 Å². The van der Waals surface area contributed by atoms with E-state index in [1.165, 1.54) is 10.4 Å². The van der Waals surface area contributed by atoms with Crippen LogP contribution in [0, 0.1) is 18.8 Å². The lowest BCUT2D eigenvalue weighted by Gasteiger charge is -2.18. The van der Waals surface area contributed by atoms with Gasteiger partial charge in [-0.15, -0.1) is 13.2 Å². The molecule has 0 aromatic heterocycles. The molecular weight excluding hydrogens is 310 g/mol. The van der Waals surface area contributed by atoms with Crippen LogP contribution >= 0.6 is 0 Å².